The molecule has 1 aliphatic rings. The maximum atomic E-state index is 11.9. The molecule has 1 saturated heterocycles. The fourth-order valence-electron chi connectivity index (χ4n) is 3.56. The van der Waals surface area contributed by atoms with Crippen LogP contribution in [0.1, 0.15) is 13.8 Å². The van der Waals surface area contributed by atoms with Crippen LogP contribution in [0.15, 0.2) is 48.8 Å². The fourth-order valence-corrected chi connectivity index (χ4v) is 3.56. The third-order valence-electron chi connectivity index (χ3n) is 4.63. The molecule has 1 fully saturated rings. The SMILES string of the molecule is CC1CN(c2ncnc(Oc3cccc4ccccc34)c2[N+](=O)[O-])CC(C)O1. The number of benzene rings is 2. The van der Waals surface area contributed by atoms with Crippen molar-refractivity contribution in [2.45, 2.75) is 26.1 Å². The lowest BCUT2D eigenvalue weighted by atomic mass is 10.1. The first-order chi connectivity index (χ1) is 13.5. The highest BCUT2D eigenvalue weighted by molar-refractivity contribution is 5.88. The molecule has 0 spiro atoms. The highest BCUT2D eigenvalue weighted by atomic mass is 16.6. The van der Waals surface area contributed by atoms with Gasteiger partial charge in [-0.15, -0.1) is 0 Å². The second-order valence-electron chi connectivity index (χ2n) is 6.85. The molecule has 0 amide bonds. The number of fused-ring (bicyclic) bond motifs is 1. The van der Waals surface area contributed by atoms with Crippen LogP contribution in [-0.4, -0.2) is 40.2 Å². The van der Waals surface area contributed by atoms with Crippen molar-refractivity contribution in [2.75, 3.05) is 18.0 Å². The second kappa shape index (κ2) is 7.40. The molecule has 28 heavy (non-hydrogen) atoms. The quantitative estimate of drug-likeness (QED) is 0.500. The molecule has 0 aliphatic carbocycles. The van der Waals surface area contributed by atoms with Crippen LogP contribution >= 0.6 is 0 Å². The molecule has 2 atom stereocenters. The van der Waals surface area contributed by atoms with Crippen LogP contribution in [0.25, 0.3) is 10.8 Å². The summed E-state index contributed by atoms with van der Waals surface area (Å²) in [7, 11) is 0. The monoisotopic (exact) mass is 380 g/mol. The Hall–Kier alpha value is -3.26. The van der Waals surface area contributed by atoms with Crippen molar-refractivity contribution < 1.29 is 14.4 Å². The minimum Gasteiger partial charge on any atom is -0.433 e. The van der Waals surface area contributed by atoms with Gasteiger partial charge in [-0.05, 0) is 25.3 Å². The Morgan fingerprint density at radius 2 is 1.82 bits per heavy atom. The van der Waals surface area contributed by atoms with Crippen molar-refractivity contribution in [3.63, 3.8) is 0 Å². The van der Waals surface area contributed by atoms with E-state index in [0.29, 0.717) is 18.8 Å². The number of rotatable bonds is 4. The fraction of sp³-hybridized carbons (Fsp3) is 0.300. The minimum absolute atomic E-state index is 0.0549. The molecule has 0 radical (unpaired) electrons. The van der Waals surface area contributed by atoms with Crippen molar-refractivity contribution in [1.29, 1.82) is 0 Å². The second-order valence-corrected chi connectivity index (χ2v) is 6.85. The van der Waals surface area contributed by atoms with Crippen LogP contribution in [-0.2, 0) is 4.74 Å². The highest BCUT2D eigenvalue weighted by Gasteiger charge is 2.32. The van der Waals surface area contributed by atoms with Crippen LogP contribution in [0, 0.1) is 10.1 Å². The molecule has 8 nitrogen and oxygen atoms in total. The van der Waals surface area contributed by atoms with E-state index < -0.39 is 4.92 Å². The molecule has 0 bridgehead atoms. The van der Waals surface area contributed by atoms with Gasteiger partial charge in [0.05, 0.1) is 17.1 Å². The van der Waals surface area contributed by atoms with Gasteiger partial charge in [0.1, 0.15) is 12.1 Å². The molecule has 8 heteroatoms. The zero-order chi connectivity index (χ0) is 19.7. The summed E-state index contributed by atoms with van der Waals surface area (Å²) in [6.45, 7) is 4.89. The third-order valence-corrected chi connectivity index (χ3v) is 4.63. The summed E-state index contributed by atoms with van der Waals surface area (Å²) in [5.41, 5.74) is -0.239. The van der Waals surface area contributed by atoms with E-state index >= 15 is 0 Å². The van der Waals surface area contributed by atoms with E-state index in [9.17, 15) is 10.1 Å². The Morgan fingerprint density at radius 1 is 1.11 bits per heavy atom. The highest BCUT2D eigenvalue weighted by Crippen LogP contribution is 2.38. The number of nitro groups is 1. The van der Waals surface area contributed by atoms with Gasteiger partial charge < -0.3 is 14.4 Å². The summed E-state index contributed by atoms with van der Waals surface area (Å²) in [6, 6.07) is 13.3. The van der Waals surface area contributed by atoms with E-state index in [1.165, 1.54) is 6.33 Å². The normalized spacial score (nSPS) is 19.6. The van der Waals surface area contributed by atoms with E-state index in [1.807, 2.05) is 55.1 Å². The number of aromatic nitrogens is 2. The molecule has 4 rings (SSSR count). The van der Waals surface area contributed by atoms with E-state index in [4.69, 9.17) is 9.47 Å². The molecule has 1 aliphatic heterocycles. The van der Waals surface area contributed by atoms with Gasteiger partial charge in [-0.2, -0.15) is 4.98 Å². The Morgan fingerprint density at radius 3 is 2.57 bits per heavy atom. The molecule has 2 unspecified atom stereocenters. The number of ether oxygens (including phenoxy) is 2. The summed E-state index contributed by atoms with van der Waals surface area (Å²) in [5, 5.41) is 13.7. The molecule has 2 heterocycles. The Labute approximate surface area is 161 Å². The molecular weight excluding hydrogens is 360 g/mol. The van der Waals surface area contributed by atoms with Gasteiger partial charge in [0.2, 0.25) is 5.82 Å². The van der Waals surface area contributed by atoms with Crippen molar-refractivity contribution in [3.05, 3.63) is 58.9 Å². The maximum absolute atomic E-state index is 11.9. The van der Waals surface area contributed by atoms with Crippen molar-refractivity contribution >= 4 is 22.3 Å². The number of morpholine rings is 1. The van der Waals surface area contributed by atoms with Gasteiger partial charge in [-0.3, -0.25) is 10.1 Å². The van der Waals surface area contributed by atoms with Gasteiger partial charge in [-0.1, -0.05) is 36.4 Å². The van der Waals surface area contributed by atoms with Crippen LogP contribution in [0.2, 0.25) is 0 Å². The van der Waals surface area contributed by atoms with Gasteiger partial charge in [0.25, 0.3) is 0 Å². The number of hydrogen-bond acceptors (Lipinski definition) is 7. The Balaban J connectivity index is 1.76. The van der Waals surface area contributed by atoms with Crippen LogP contribution in [0.4, 0.5) is 11.5 Å². The lowest BCUT2D eigenvalue weighted by Crippen LogP contribution is -2.46. The summed E-state index contributed by atoms with van der Waals surface area (Å²) in [5.74, 6) is 0.685. The lowest BCUT2D eigenvalue weighted by Gasteiger charge is -2.35. The maximum Gasteiger partial charge on any atom is 0.373 e. The summed E-state index contributed by atoms with van der Waals surface area (Å²) in [4.78, 5) is 21.5. The molecule has 3 aromatic rings. The predicted octanol–water partition coefficient (Wildman–Crippen LogP) is 3.94. The summed E-state index contributed by atoms with van der Waals surface area (Å²) >= 11 is 0. The van der Waals surface area contributed by atoms with Gasteiger partial charge in [0.15, 0.2) is 0 Å². The first-order valence-electron chi connectivity index (χ1n) is 9.08. The summed E-state index contributed by atoms with van der Waals surface area (Å²) < 4.78 is 11.6. The number of hydrogen-bond donors (Lipinski definition) is 0. The molecular formula is C20H20N4O4. The number of nitrogens with zero attached hydrogens (tertiary/aromatic N) is 4. The zero-order valence-corrected chi connectivity index (χ0v) is 15.6. The van der Waals surface area contributed by atoms with Crippen LogP contribution in [0.3, 0.4) is 0 Å². The van der Waals surface area contributed by atoms with Gasteiger partial charge >= 0.3 is 11.6 Å². The standard InChI is InChI=1S/C20H20N4O4/c1-13-10-23(11-14(2)27-13)19-18(24(25)26)20(22-12-21-19)28-17-9-5-7-15-6-3-4-8-16(15)17/h3-9,12-14H,10-11H2,1-2H3. The summed E-state index contributed by atoms with van der Waals surface area (Å²) in [6.07, 6.45) is 1.19. The Bertz CT molecular complexity index is 1010. The topological polar surface area (TPSA) is 90.6 Å². The predicted molar refractivity (Wildman–Crippen MR) is 105 cm³/mol. The zero-order valence-electron chi connectivity index (χ0n) is 15.6. The third kappa shape index (κ3) is 3.46. The lowest BCUT2D eigenvalue weighted by molar-refractivity contribution is -0.385. The molecule has 2 aromatic carbocycles. The van der Waals surface area contributed by atoms with Gasteiger partial charge in [0, 0.05) is 18.5 Å². The van der Waals surface area contributed by atoms with Crippen molar-refractivity contribution in [3.8, 4) is 11.6 Å². The first kappa shape index (κ1) is 18.1. The van der Waals surface area contributed by atoms with Crippen molar-refractivity contribution in [2.24, 2.45) is 0 Å². The molecule has 1 aromatic heterocycles. The Kier molecular flexibility index (Phi) is 4.79. The molecule has 0 saturated carbocycles. The minimum atomic E-state index is -0.486. The number of anilines is 1. The average Bonchev–Trinajstić information content (AvgIpc) is 2.67. The largest absolute Gasteiger partial charge is 0.433 e. The van der Waals surface area contributed by atoms with E-state index in [-0.39, 0.29) is 29.6 Å². The van der Waals surface area contributed by atoms with E-state index in [0.717, 1.165) is 10.8 Å². The van der Waals surface area contributed by atoms with Crippen LogP contribution < -0.4 is 9.64 Å². The first-order valence-corrected chi connectivity index (χ1v) is 9.08. The van der Waals surface area contributed by atoms with E-state index in [1.54, 1.807) is 6.07 Å². The van der Waals surface area contributed by atoms with Crippen LogP contribution in [0.5, 0.6) is 11.6 Å². The van der Waals surface area contributed by atoms with E-state index in [2.05, 4.69) is 9.97 Å². The van der Waals surface area contributed by atoms with Crippen molar-refractivity contribution in [1.82, 2.24) is 9.97 Å². The average molecular weight is 380 g/mol. The van der Waals surface area contributed by atoms with Gasteiger partial charge in [-0.25, -0.2) is 4.98 Å². The molecule has 0 N–H and O–H groups in total. The smallest absolute Gasteiger partial charge is 0.373 e. The molecule has 144 valence electrons.